The third kappa shape index (κ3) is 3.38. The molecule has 146 valence electrons. The van der Waals surface area contributed by atoms with Crippen molar-refractivity contribution >= 4 is 17.1 Å². The second-order valence-electron chi connectivity index (χ2n) is 6.78. The number of carboxylic acid groups (broad SMARTS) is 1. The average molecular weight is 390 g/mol. The molecule has 0 radical (unpaired) electrons. The predicted octanol–water partition coefficient (Wildman–Crippen LogP) is 4.75. The molecule has 2 heterocycles. The average Bonchev–Trinajstić information content (AvgIpc) is 3.22. The van der Waals surface area contributed by atoms with Gasteiger partial charge in [0.25, 0.3) is 0 Å². The van der Waals surface area contributed by atoms with Gasteiger partial charge in [-0.3, -0.25) is 4.79 Å². The molecule has 29 heavy (non-hydrogen) atoms. The first-order valence-electron chi connectivity index (χ1n) is 9.00. The van der Waals surface area contributed by atoms with E-state index in [0.29, 0.717) is 39.1 Å². The molecule has 7 nitrogen and oxygen atoms in total. The minimum Gasteiger partial charge on any atom is -0.465 e. The second-order valence-corrected chi connectivity index (χ2v) is 6.78. The Morgan fingerprint density at radius 1 is 1.21 bits per heavy atom. The van der Waals surface area contributed by atoms with E-state index in [0.717, 1.165) is 5.56 Å². The van der Waals surface area contributed by atoms with Gasteiger partial charge in [-0.2, -0.15) is 0 Å². The monoisotopic (exact) mass is 390 g/mol. The number of aromatic nitrogens is 1. The van der Waals surface area contributed by atoms with Crippen molar-refractivity contribution in [2.24, 2.45) is 0 Å². The molecule has 4 aromatic rings. The Balaban J connectivity index is 2.09. The molecule has 1 unspecified atom stereocenters. The van der Waals surface area contributed by atoms with Gasteiger partial charge in [0.1, 0.15) is 23.3 Å². The van der Waals surface area contributed by atoms with Gasteiger partial charge in [-0.05, 0) is 25.5 Å². The fraction of sp³-hybridized carbons (Fsp3) is 0.136. The summed E-state index contributed by atoms with van der Waals surface area (Å²) in [4.78, 5) is 28.8. The summed E-state index contributed by atoms with van der Waals surface area (Å²) in [6, 6.07) is 12.2. The molecular formula is C22H18N2O5. The summed E-state index contributed by atoms with van der Waals surface area (Å²) in [5, 5.41) is 11.9. The molecular weight excluding hydrogens is 372 g/mol. The van der Waals surface area contributed by atoms with Crippen LogP contribution in [0.5, 0.6) is 0 Å². The van der Waals surface area contributed by atoms with Gasteiger partial charge in [-0.15, -0.1) is 0 Å². The lowest BCUT2D eigenvalue weighted by Gasteiger charge is -2.16. The first kappa shape index (κ1) is 18.5. The molecule has 2 aromatic heterocycles. The lowest BCUT2D eigenvalue weighted by molar-refractivity contribution is 0.191. The van der Waals surface area contributed by atoms with E-state index >= 15 is 0 Å². The highest BCUT2D eigenvalue weighted by Gasteiger charge is 2.23. The molecule has 0 aliphatic carbocycles. The molecule has 0 spiro atoms. The standard InChI is InChI=1S/C22H18N2O5/c1-12-8-15(13(2)24-22(26)27)21-16(9-12)19(25)18(17-10-28-11-23-17)20(29-21)14-6-4-3-5-7-14/h3-11,13,24H,1-2H3,(H,26,27). The van der Waals surface area contributed by atoms with Gasteiger partial charge in [0.05, 0.1) is 17.0 Å². The smallest absolute Gasteiger partial charge is 0.405 e. The zero-order valence-electron chi connectivity index (χ0n) is 15.8. The van der Waals surface area contributed by atoms with E-state index < -0.39 is 12.1 Å². The molecule has 0 saturated carbocycles. The first-order valence-corrected chi connectivity index (χ1v) is 9.00. The van der Waals surface area contributed by atoms with Crippen LogP contribution in [-0.4, -0.2) is 16.2 Å². The fourth-order valence-electron chi connectivity index (χ4n) is 3.42. The largest absolute Gasteiger partial charge is 0.465 e. The highest BCUT2D eigenvalue weighted by atomic mass is 16.4. The number of benzene rings is 2. The number of carbonyl (C=O) groups is 1. The molecule has 0 aliphatic heterocycles. The van der Waals surface area contributed by atoms with Gasteiger partial charge < -0.3 is 19.3 Å². The van der Waals surface area contributed by atoms with Crippen LogP contribution in [0.15, 0.2) is 68.8 Å². The van der Waals surface area contributed by atoms with E-state index in [2.05, 4.69) is 10.3 Å². The van der Waals surface area contributed by atoms with Crippen molar-refractivity contribution < 1.29 is 18.7 Å². The summed E-state index contributed by atoms with van der Waals surface area (Å²) in [7, 11) is 0. The maximum Gasteiger partial charge on any atom is 0.405 e. The van der Waals surface area contributed by atoms with Crippen LogP contribution in [0.4, 0.5) is 4.79 Å². The van der Waals surface area contributed by atoms with E-state index in [1.165, 1.54) is 12.7 Å². The Morgan fingerprint density at radius 3 is 2.62 bits per heavy atom. The summed E-state index contributed by atoms with van der Waals surface area (Å²) in [5.74, 6) is 0.352. The number of hydrogen-bond donors (Lipinski definition) is 2. The predicted molar refractivity (Wildman–Crippen MR) is 108 cm³/mol. The van der Waals surface area contributed by atoms with Gasteiger partial charge in [0, 0.05) is 11.1 Å². The van der Waals surface area contributed by atoms with Gasteiger partial charge in [0.15, 0.2) is 6.39 Å². The molecule has 1 atom stereocenters. The highest BCUT2D eigenvalue weighted by Crippen LogP contribution is 2.34. The van der Waals surface area contributed by atoms with Crippen LogP contribution in [0.2, 0.25) is 0 Å². The summed E-state index contributed by atoms with van der Waals surface area (Å²) in [5.41, 5.74) is 2.86. The lowest BCUT2D eigenvalue weighted by atomic mass is 9.97. The number of nitrogens with one attached hydrogen (secondary N) is 1. The van der Waals surface area contributed by atoms with Crippen molar-refractivity contribution in [3.8, 4) is 22.6 Å². The number of aryl methyl sites for hydroxylation is 1. The summed E-state index contributed by atoms with van der Waals surface area (Å²) in [6.07, 6.45) is 1.50. The molecule has 1 amide bonds. The van der Waals surface area contributed by atoms with Crippen LogP contribution in [-0.2, 0) is 0 Å². The minimum absolute atomic E-state index is 0.258. The van der Waals surface area contributed by atoms with Crippen molar-refractivity contribution in [2.45, 2.75) is 19.9 Å². The molecule has 2 N–H and O–H groups in total. The van der Waals surface area contributed by atoms with Crippen LogP contribution in [0.3, 0.4) is 0 Å². The third-order valence-corrected chi connectivity index (χ3v) is 4.70. The first-order chi connectivity index (χ1) is 14.0. The zero-order valence-corrected chi connectivity index (χ0v) is 15.8. The molecule has 4 rings (SSSR count). The van der Waals surface area contributed by atoms with Gasteiger partial charge in [-0.25, -0.2) is 9.78 Å². The quantitative estimate of drug-likeness (QED) is 0.521. The molecule has 0 bridgehead atoms. The Bertz CT molecular complexity index is 1240. The maximum atomic E-state index is 13.5. The lowest BCUT2D eigenvalue weighted by Crippen LogP contribution is -2.25. The number of oxazole rings is 1. The zero-order chi connectivity index (χ0) is 20.5. The molecule has 7 heteroatoms. The van der Waals surface area contributed by atoms with Crippen LogP contribution in [0.25, 0.3) is 33.6 Å². The van der Waals surface area contributed by atoms with Gasteiger partial charge >= 0.3 is 6.09 Å². The van der Waals surface area contributed by atoms with Crippen LogP contribution < -0.4 is 10.7 Å². The maximum absolute atomic E-state index is 13.5. The number of hydrogen-bond acceptors (Lipinski definition) is 5. The normalized spacial score (nSPS) is 12.1. The minimum atomic E-state index is -1.16. The third-order valence-electron chi connectivity index (χ3n) is 4.70. The van der Waals surface area contributed by atoms with Crippen molar-refractivity contribution in [3.05, 3.63) is 76.5 Å². The second kappa shape index (κ2) is 7.27. The highest BCUT2D eigenvalue weighted by molar-refractivity contribution is 5.90. The number of amides is 1. The van der Waals surface area contributed by atoms with E-state index in [9.17, 15) is 9.59 Å². The topological polar surface area (TPSA) is 106 Å². The Morgan fingerprint density at radius 2 is 1.97 bits per heavy atom. The Labute approximate surface area is 165 Å². The molecule has 0 fully saturated rings. The molecule has 2 aromatic carbocycles. The van der Waals surface area contributed by atoms with Crippen LogP contribution in [0, 0.1) is 6.92 Å². The summed E-state index contributed by atoms with van der Waals surface area (Å²) < 4.78 is 11.3. The van der Waals surface area contributed by atoms with Crippen LogP contribution in [0.1, 0.15) is 24.1 Å². The van der Waals surface area contributed by atoms with Crippen molar-refractivity contribution in [1.29, 1.82) is 0 Å². The summed E-state index contributed by atoms with van der Waals surface area (Å²) >= 11 is 0. The number of fused-ring (bicyclic) bond motifs is 1. The van der Waals surface area contributed by atoms with E-state index in [1.54, 1.807) is 13.0 Å². The van der Waals surface area contributed by atoms with Gasteiger partial charge in [-0.1, -0.05) is 36.4 Å². The van der Waals surface area contributed by atoms with E-state index in [4.69, 9.17) is 13.9 Å². The van der Waals surface area contributed by atoms with Crippen molar-refractivity contribution in [2.75, 3.05) is 0 Å². The fourth-order valence-corrected chi connectivity index (χ4v) is 3.42. The molecule has 0 aliphatic rings. The van der Waals surface area contributed by atoms with Crippen LogP contribution >= 0.6 is 0 Å². The summed E-state index contributed by atoms with van der Waals surface area (Å²) in [6.45, 7) is 3.55. The number of rotatable bonds is 4. The van der Waals surface area contributed by atoms with E-state index in [-0.39, 0.29) is 5.43 Å². The van der Waals surface area contributed by atoms with Crippen molar-refractivity contribution in [3.63, 3.8) is 0 Å². The Kier molecular flexibility index (Phi) is 4.64. The van der Waals surface area contributed by atoms with Crippen molar-refractivity contribution in [1.82, 2.24) is 10.3 Å². The van der Waals surface area contributed by atoms with Gasteiger partial charge in [0.2, 0.25) is 5.43 Å². The van der Waals surface area contributed by atoms with E-state index in [1.807, 2.05) is 43.3 Å². The number of nitrogens with zero attached hydrogens (tertiary/aromatic N) is 1. The molecule has 0 saturated heterocycles. The SMILES string of the molecule is Cc1cc(C(C)NC(=O)O)c2oc(-c3ccccc3)c(-c3cocn3)c(=O)c2c1. The Hall–Kier alpha value is -3.87.